The summed E-state index contributed by atoms with van der Waals surface area (Å²) in [4.78, 5) is 46.7. The minimum Gasteiger partial charge on any atom is -0.483 e. The minimum absolute atomic E-state index is 0.103. The van der Waals surface area contributed by atoms with Crippen molar-refractivity contribution >= 4 is 17.3 Å². The van der Waals surface area contributed by atoms with Crippen molar-refractivity contribution in [1.82, 2.24) is 0 Å². The van der Waals surface area contributed by atoms with E-state index in [1.54, 1.807) is 0 Å². The molecule has 12 fully saturated rings. The predicted molar refractivity (Wildman–Crippen MR) is 216 cm³/mol. The van der Waals surface area contributed by atoms with Crippen LogP contribution in [0.3, 0.4) is 0 Å². The highest BCUT2D eigenvalue weighted by Crippen LogP contribution is 2.83. The summed E-state index contributed by atoms with van der Waals surface area (Å²) in [5.41, 5.74) is -7.33. The first kappa shape index (κ1) is 40.2. The van der Waals surface area contributed by atoms with Gasteiger partial charge in [-0.05, 0) is 125 Å². The van der Waals surface area contributed by atoms with Gasteiger partial charge in [0.05, 0.1) is 41.9 Å². The Kier molecular flexibility index (Phi) is 7.17. The first-order valence-electron chi connectivity index (χ1n) is 23.1. The molecular weight excluding hydrogens is 781 g/mol. The molecule has 6 aliphatic heterocycles. The van der Waals surface area contributed by atoms with E-state index in [0.717, 1.165) is 5.57 Å². The Labute approximate surface area is 358 Å². The average molecular weight is 845 g/mol. The summed E-state index contributed by atoms with van der Waals surface area (Å²) in [7, 11) is 0. The predicted octanol–water partition coefficient (Wildman–Crippen LogP) is 5.26. The molecule has 61 heavy (non-hydrogen) atoms. The summed E-state index contributed by atoms with van der Waals surface area (Å²) in [6, 6.07) is 0. The Morgan fingerprint density at radius 2 is 1.34 bits per heavy atom. The van der Waals surface area contributed by atoms with Gasteiger partial charge in [0.1, 0.15) is 28.8 Å². The fourth-order valence-electron chi connectivity index (χ4n) is 18.7. The van der Waals surface area contributed by atoms with Crippen LogP contribution in [0.4, 0.5) is 0 Å². The standard InChI is InChI=1S/C49H64O12/c1-22-25-12-14-28-45-21-57-48(60-39(3,4)5,46(28,31(22)50)33(25)52)35(54)30(45)41(8,9)19-43(38(45)55)17-16-24-18-40(6,7)29-34(53)49-47-27(44(29,20-56-49)36(24)59-43)15-13-26(23(2)32(47)51)37(47)58-42(10,11)61-49/h25-30,33-35,37,52-54H,1-2,12-21H2,3-11H3/t25-,26-,27-,28-,29+,30+,33+,34-,35-,37+,43+,44-,45-,46-,47-,48?,49?/m0/s1. The largest absolute Gasteiger partial charge is 0.483 e. The van der Waals surface area contributed by atoms with Crippen LogP contribution in [0.15, 0.2) is 35.6 Å². The topological polar surface area (TPSA) is 167 Å². The molecule has 5 saturated heterocycles. The van der Waals surface area contributed by atoms with Crippen LogP contribution in [0.1, 0.15) is 114 Å². The molecule has 14 rings (SSSR count). The number of hydrogen-bond acceptors (Lipinski definition) is 12. The molecule has 0 aromatic heterocycles. The van der Waals surface area contributed by atoms with Crippen molar-refractivity contribution in [3.63, 3.8) is 0 Å². The summed E-state index contributed by atoms with van der Waals surface area (Å²) in [5.74, 6) is -7.98. The quantitative estimate of drug-likeness (QED) is 0.294. The smallest absolute Gasteiger partial charge is 0.213 e. The maximum absolute atomic E-state index is 16.5. The molecule has 2 unspecified atom stereocenters. The number of ether oxygens (including phenoxy) is 6. The molecule has 12 nitrogen and oxygen atoms in total. The Hall–Kier alpha value is -2.29. The van der Waals surface area contributed by atoms with E-state index in [-0.39, 0.29) is 37.1 Å². The molecule has 6 heterocycles. The lowest BCUT2D eigenvalue weighted by Crippen LogP contribution is -2.88. The van der Waals surface area contributed by atoms with Crippen LogP contribution in [-0.2, 0) is 42.8 Å². The fourth-order valence-corrected chi connectivity index (χ4v) is 18.7. The van der Waals surface area contributed by atoms with Crippen molar-refractivity contribution in [2.24, 2.45) is 68.0 Å². The van der Waals surface area contributed by atoms with Gasteiger partial charge in [-0.15, -0.1) is 0 Å². The van der Waals surface area contributed by atoms with Crippen molar-refractivity contribution in [3.8, 4) is 0 Å². The van der Waals surface area contributed by atoms with E-state index in [9.17, 15) is 15.3 Å². The molecule has 0 aromatic carbocycles. The number of allylic oxidation sites excluding steroid dienone is 1. The van der Waals surface area contributed by atoms with Gasteiger partial charge in [-0.3, -0.25) is 14.4 Å². The third kappa shape index (κ3) is 3.81. The Morgan fingerprint density at radius 3 is 2.03 bits per heavy atom. The van der Waals surface area contributed by atoms with Crippen LogP contribution in [0.25, 0.3) is 0 Å². The molecule has 17 atom stereocenters. The minimum atomic E-state index is -1.92. The van der Waals surface area contributed by atoms with Gasteiger partial charge in [0.25, 0.3) is 0 Å². The van der Waals surface area contributed by atoms with Crippen LogP contribution in [0, 0.1) is 68.0 Å². The Balaban J connectivity index is 1.04. The molecule has 12 heteroatoms. The maximum Gasteiger partial charge on any atom is 0.213 e. The number of hydrogen-bond donors (Lipinski definition) is 3. The molecule has 332 valence electrons. The SMILES string of the molecule is C=C1C(=O)[C@]23[C@H](O)[C@H]1CC[C@H]2[C@@]12COC3(OC(C)(C)C)[C@@H](O)[C@@H]1C(C)(C)C[C@]1(CCC3=C(O1)[C@@]14COC5(OC(C)(C)O[C@@H]6[C@H]7CC[C@@H]1[C@]65C(=O)C7=C)[C@@H](O)[C@@H]4C(C)(C)C3)C2=O. The van der Waals surface area contributed by atoms with Gasteiger partial charge in [-0.1, -0.05) is 40.9 Å². The van der Waals surface area contributed by atoms with Gasteiger partial charge < -0.3 is 43.7 Å². The van der Waals surface area contributed by atoms with Gasteiger partial charge in [-0.25, -0.2) is 0 Å². The molecule has 3 N–H and O–H groups in total. The number of aliphatic hydroxyl groups is 3. The van der Waals surface area contributed by atoms with Gasteiger partial charge in [0.15, 0.2) is 28.7 Å². The monoisotopic (exact) mass is 844 g/mol. The molecule has 14 aliphatic rings. The van der Waals surface area contributed by atoms with Crippen LogP contribution in [0.5, 0.6) is 0 Å². The Bertz CT molecular complexity index is 2210. The molecule has 7 saturated carbocycles. The maximum atomic E-state index is 16.5. The van der Waals surface area contributed by atoms with E-state index >= 15 is 14.4 Å². The third-order valence-corrected chi connectivity index (χ3v) is 19.6. The number of rotatable bonds is 1. The van der Waals surface area contributed by atoms with Crippen LogP contribution in [-0.4, -0.2) is 98.9 Å². The summed E-state index contributed by atoms with van der Waals surface area (Å²) in [6.45, 7) is 26.3. The fraction of sp³-hybridized carbons (Fsp3) is 0.816. The lowest BCUT2D eigenvalue weighted by Gasteiger charge is -2.78. The Morgan fingerprint density at radius 1 is 0.738 bits per heavy atom. The molecule has 0 radical (unpaired) electrons. The van der Waals surface area contributed by atoms with Gasteiger partial charge in [-0.2, -0.15) is 0 Å². The lowest BCUT2D eigenvalue weighted by atomic mass is 9.33. The number of carbonyl (C=O) groups excluding carboxylic acids is 3. The van der Waals surface area contributed by atoms with Crippen molar-refractivity contribution < 1.29 is 58.1 Å². The van der Waals surface area contributed by atoms with E-state index in [2.05, 4.69) is 40.9 Å². The van der Waals surface area contributed by atoms with E-state index in [0.29, 0.717) is 61.9 Å². The van der Waals surface area contributed by atoms with Gasteiger partial charge >= 0.3 is 0 Å². The highest BCUT2D eigenvalue weighted by atomic mass is 16.8. The molecule has 8 bridgehead atoms. The van der Waals surface area contributed by atoms with Crippen molar-refractivity contribution in [2.45, 2.75) is 167 Å². The molecule has 6 spiro atoms. The molecule has 0 aromatic rings. The van der Waals surface area contributed by atoms with Crippen molar-refractivity contribution in [1.29, 1.82) is 0 Å². The number of Topliss-reactive ketones (excluding diaryl/α,β-unsaturated/α-hetero) is 3. The van der Waals surface area contributed by atoms with E-state index in [4.69, 9.17) is 28.4 Å². The zero-order valence-electron chi connectivity index (χ0n) is 37.3. The summed E-state index contributed by atoms with van der Waals surface area (Å²) >= 11 is 0. The van der Waals surface area contributed by atoms with Crippen molar-refractivity contribution in [3.05, 3.63) is 35.6 Å². The summed E-state index contributed by atoms with van der Waals surface area (Å²) in [5, 5.41) is 38.6. The number of ketones is 3. The highest BCUT2D eigenvalue weighted by Gasteiger charge is 2.93. The zero-order chi connectivity index (χ0) is 43.6. The second-order valence-electron chi connectivity index (χ2n) is 24.6. The van der Waals surface area contributed by atoms with Crippen molar-refractivity contribution in [2.75, 3.05) is 13.2 Å². The highest BCUT2D eigenvalue weighted by molar-refractivity contribution is 6.07. The van der Waals surface area contributed by atoms with Gasteiger partial charge in [0.2, 0.25) is 11.6 Å². The van der Waals surface area contributed by atoms with Crippen LogP contribution >= 0.6 is 0 Å². The molecule has 8 aliphatic carbocycles. The lowest BCUT2D eigenvalue weighted by molar-refractivity contribution is -0.527. The third-order valence-electron chi connectivity index (χ3n) is 19.6. The normalized spacial score (nSPS) is 56.1. The van der Waals surface area contributed by atoms with E-state index < -0.39 is 121 Å². The van der Waals surface area contributed by atoms with E-state index in [1.807, 2.05) is 34.6 Å². The first-order chi connectivity index (χ1) is 28.2. The number of carbonyl (C=O) groups is 3. The first-order valence-corrected chi connectivity index (χ1v) is 23.1. The van der Waals surface area contributed by atoms with Crippen LogP contribution < -0.4 is 0 Å². The zero-order valence-corrected chi connectivity index (χ0v) is 37.3. The summed E-state index contributed by atoms with van der Waals surface area (Å²) in [6.07, 6.45) is -0.573. The second-order valence-corrected chi connectivity index (χ2v) is 24.6. The van der Waals surface area contributed by atoms with Crippen LogP contribution in [0.2, 0.25) is 0 Å². The van der Waals surface area contributed by atoms with Gasteiger partial charge in [0, 0.05) is 23.7 Å². The average Bonchev–Trinajstić information content (AvgIpc) is 3.32. The molecule has 0 amide bonds. The molecular formula is C49H64O12. The number of aliphatic hydroxyl groups excluding tert-OH is 3. The summed E-state index contributed by atoms with van der Waals surface area (Å²) < 4.78 is 42.1. The van der Waals surface area contributed by atoms with E-state index in [1.165, 1.54) is 0 Å². The second kappa shape index (κ2) is 10.9. The number of fused-ring (bicyclic) bond motifs is 3.